The number of aryl methyl sites for hydroxylation is 1. The Kier molecular flexibility index (Phi) is 7.78. The number of benzene rings is 1. The number of fused-ring (bicyclic) bond motifs is 1. The molecule has 0 saturated carbocycles. The third kappa shape index (κ3) is 4.62. The van der Waals surface area contributed by atoms with Crippen LogP contribution in [0.25, 0.3) is 0 Å². The molecule has 0 radical (unpaired) electrons. The summed E-state index contributed by atoms with van der Waals surface area (Å²) in [5.74, 6) is 1.88. The van der Waals surface area contributed by atoms with Crippen molar-refractivity contribution in [2.75, 3.05) is 20.2 Å². The number of rotatable bonds is 4. The van der Waals surface area contributed by atoms with Crippen LogP contribution in [0.15, 0.2) is 29.3 Å². The molecule has 152 valence electrons. The van der Waals surface area contributed by atoms with Crippen LogP contribution in [0.3, 0.4) is 0 Å². The van der Waals surface area contributed by atoms with Crippen LogP contribution in [0, 0.1) is 6.92 Å². The van der Waals surface area contributed by atoms with Gasteiger partial charge in [-0.25, -0.2) is 0 Å². The van der Waals surface area contributed by atoms with Gasteiger partial charge in [0.2, 0.25) is 0 Å². The molecule has 1 N–H and O–H groups in total. The zero-order chi connectivity index (χ0) is 19.4. The molecule has 0 aliphatic carbocycles. The fourth-order valence-corrected chi connectivity index (χ4v) is 3.31. The molecule has 0 fully saturated rings. The summed E-state index contributed by atoms with van der Waals surface area (Å²) in [5, 5.41) is 11.6. The number of carbonyl (C=O) groups is 1. The third-order valence-electron chi connectivity index (χ3n) is 4.86. The third-order valence-corrected chi connectivity index (χ3v) is 4.86. The molecule has 0 bridgehead atoms. The highest BCUT2D eigenvalue weighted by molar-refractivity contribution is 14.0. The summed E-state index contributed by atoms with van der Waals surface area (Å²) < 4.78 is 7.24. The fourth-order valence-electron chi connectivity index (χ4n) is 3.31. The van der Waals surface area contributed by atoms with Gasteiger partial charge in [0.05, 0.1) is 19.1 Å². The van der Waals surface area contributed by atoms with Crippen LogP contribution in [0.2, 0.25) is 0 Å². The van der Waals surface area contributed by atoms with E-state index < -0.39 is 0 Å². The van der Waals surface area contributed by atoms with Gasteiger partial charge in [0.25, 0.3) is 0 Å². The number of guanidine groups is 1. The van der Waals surface area contributed by atoms with Crippen LogP contribution >= 0.6 is 24.0 Å². The molecule has 1 aromatic carbocycles. The van der Waals surface area contributed by atoms with Crippen LogP contribution in [0.1, 0.15) is 35.6 Å². The summed E-state index contributed by atoms with van der Waals surface area (Å²) in [5.41, 5.74) is 2.14. The lowest BCUT2D eigenvalue weighted by molar-refractivity contribution is -0.145. The maximum absolute atomic E-state index is 12.5. The Labute approximate surface area is 182 Å². The SMILES string of the molecule is CCOC(=O)C1CN(C(=NC)NCc2nnc(C)n2C)Cc2ccccc21.I. The minimum atomic E-state index is -0.328. The second kappa shape index (κ2) is 9.85. The first-order valence-electron chi connectivity index (χ1n) is 9.10. The molecule has 9 heteroatoms. The Hall–Kier alpha value is -2.17. The molecule has 1 unspecified atom stereocenters. The van der Waals surface area contributed by atoms with E-state index in [0.717, 1.165) is 28.7 Å². The van der Waals surface area contributed by atoms with E-state index in [4.69, 9.17) is 4.74 Å². The Balaban J connectivity index is 0.00000280. The predicted octanol–water partition coefficient (Wildman–Crippen LogP) is 1.98. The lowest BCUT2D eigenvalue weighted by Gasteiger charge is -2.35. The van der Waals surface area contributed by atoms with Gasteiger partial charge in [0, 0.05) is 27.2 Å². The van der Waals surface area contributed by atoms with Crippen molar-refractivity contribution >= 4 is 35.9 Å². The maximum Gasteiger partial charge on any atom is 0.315 e. The van der Waals surface area contributed by atoms with E-state index in [-0.39, 0.29) is 35.9 Å². The summed E-state index contributed by atoms with van der Waals surface area (Å²) in [6, 6.07) is 8.01. The van der Waals surface area contributed by atoms with Crippen LogP contribution in [-0.4, -0.2) is 51.8 Å². The van der Waals surface area contributed by atoms with Crippen LogP contribution in [-0.2, 0) is 29.7 Å². The number of ether oxygens (including phenoxy) is 1. The second-order valence-electron chi connectivity index (χ2n) is 6.51. The van der Waals surface area contributed by atoms with Crippen molar-refractivity contribution in [3.8, 4) is 0 Å². The topological polar surface area (TPSA) is 84.6 Å². The molecule has 0 saturated heterocycles. The van der Waals surface area contributed by atoms with Crippen LogP contribution in [0.5, 0.6) is 0 Å². The highest BCUT2D eigenvalue weighted by atomic mass is 127. The van der Waals surface area contributed by atoms with Gasteiger partial charge in [0.15, 0.2) is 11.8 Å². The second-order valence-corrected chi connectivity index (χ2v) is 6.51. The number of nitrogens with zero attached hydrogens (tertiary/aromatic N) is 5. The van der Waals surface area contributed by atoms with E-state index in [0.29, 0.717) is 26.2 Å². The molecule has 28 heavy (non-hydrogen) atoms. The number of halogens is 1. The standard InChI is InChI=1S/C19H26N6O2.HI/c1-5-27-18(26)16-12-25(11-14-8-6-7-9-15(14)16)19(20-3)21-10-17-23-22-13(2)24(17)4;/h6-9,16H,5,10-12H2,1-4H3,(H,20,21);1H. The van der Waals surface area contributed by atoms with Gasteiger partial charge in [-0.05, 0) is 25.0 Å². The molecule has 1 aliphatic heterocycles. The van der Waals surface area contributed by atoms with Crippen molar-refractivity contribution in [1.82, 2.24) is 25.0 Å². The number of aromatic nitrogens is 3. The minimum absolute atomic E-state index is 0. The summed E-state index contributed by atoms with van der Waals surface area (Å²) in [7, 11) is 3.67. The largest absolute Gasteiger partial charge is 0.465 e. The smallest absolute Gasteiger partial charge is 0.315 e. The first-order chi connectivity index (χ1) is 13.0. The van der Waals surface area contributed by atoms with Gasteiger partial charge in [-0.2, -0.15) is 0 Å². The Morgan fingerprint density at radius 1 is 1.36 bits per heavy atom. The molecule has 2 aromatic rings. The van der Waals surface area contributed by atoms with Gasteiger partial charge in [-0.3, -0.25) is 9.79 Å². The lowest BCUT2D eigenvalue weighted by atomic mass is 9.90. The van der Waals surface area contributed by atoms with E-state index in [1.165, 1.54) is 0 Å². The highest BCUT2D eigenvalue weighted by Gasteiger charge is 2.32. The van der Waals surface area contributed by atoms with Crippen molar-refractivity contribution in [1.29, 1.82) is 0 Å². The first-order valence-corrected chi connectivity index (χ1v) is 9.10. The van der Waals surface area contributed by atoms with Gasteiger partial charge in [-0.1, -0.05) is 24.3 Å². The molecule has 0 amide bonds. The van der Waals surface area contributed by atoms with Gasteiger partial charge >= 0.3 is 5.97 Å². The average Bonchev–Trinajstić information content (AvgIpc) is 3.00. The molecular weight excluding hydrogens is 471 g/mol. The Bertz CT molecular complexity index is 851. The minimum Gasteiger partial charge on any atom is -0.465 e. The van der Waals surface area contributed by atoms with Crippen LogP contribution < -0.4 is 5.32 Å². The predicted molar refractivity (Wildman–Crippen MR) is 118 cm³/mol. The fraction of sp³-hybridized carbons (Fsp3) is 0.474. The molecular formula is C19H27IN6O2. The number of nitrogens with one attached hydrogen (secondary N) is 1. The number of aliphatic imine (C=N–C) groups is 1. The Morgan fingerprint density at radius 3 is 2.75 bits per heavy atom. The van der Waals surface area contributed by atoms with E-state index in [1.807, 2.05) is 49.7 Å². The number of carbonyl (C=O) groups excluding carboxylic acids is 1. The summed E-state index contributed by atoms with van der Waals surface area (Å²) >= 11 is 0. The van der Waals surface area contributed by atoms with E-state index in [2.05, 4.69) is 25.4 Å². The highest BCUT2D eigenvalue weighted by Crippen LogP contribution is 2.29. The molecule has 8 nitrogen and oxygen atoms in total. The Morgan fingerprint density at radius 2 is 2.11 bits per heavy atom. The van der Waals surface area contributed by atoms with Crippen LogP contribution in [0.4, 0.5) is 0 Å². The summed E-state index contributed by atoms with van der Waals surface area (Å²) in [6.07, 6.45) is 0. The van der Waals surface area contributed by atoms with Gasteiger partial charge < -0.3 is 19.5 Å². The quantitative estimate of drug-likeness (QED) is 0.301. The van der Waals surface area contributed by atoms with Crippen molar-refractivity contribution in [3.63, 3.8) is 0 Å². The van der Waals surface area contributed by atoms with Crippen molar-refractivity contribution in [2.45, 2.75) is 32.9 Å². The number of esters is 1. The van der Waals surface area contributed by atoms with E-state index >= 15 is 0 Å². The molecule has 3 rings (SSSR count). The zero-order valence-corrected chi connectivity index (χ0v) is 19.0. The number of hydrogen-bond acceptors (Lipinski definition) is 5. The summed E-state index contributed by atoms with van der Waals surface area (Å²) in [6.45, 7) is 5.82. The van der Waals surface area contributed by atoms with Gasteiger partial charge in [-0.15, -0.1) is 34.2 Å². The number of hydrogen-bond donors (Lipinski definition) is 1. The summed E-state index contributed by atoms with van der Waals surface area (Å²) in [4.78, 5) is 19.0. The normalized spacial score (nSPS) is 16.2. The molecule has 0 spiro atoms. The van der Waals surface area contributed by atoms with E-state index in [9.17, 15) is 4.79 Å². The maximum atomic E-state index is 12.5. The molecule has 1 aliphatic rings. The van der Waals surface area contributed by atoms with Crippen molar-refractivity contribution < 1.29 is 9.53 Å². The average molecular weight is 498 g/mol. The first kappa shape index (κ1) is 22.1. The zero-order valence-electron chi connectivity index (χ0n) is 16.7. The molecule has 1 aromatic heterocycles. The van der Waals surface area contributed by atoms with Crippen molar-refractivity contribution in [3.05, 3.63) is 47.0 Å². The van der Waals surface area contributed by atoms with Crippen molar-refractivity contribution in [2.24, 2.45) is 12.0 Å². The van der Waals surface area contributed by atoms with Gasteiger partial charge in [0.1, 0.15) is 5.82 Å². The monoisotopic (exact) mass is 498 g/mol. The molecule has 1 atom stereocenters. The molecule has 2 heterocycles. The lowest BCUT2D eigenvalue weighted by Crippen LogP contribution is -2.46. The van der Waals surface area contributed by atoms with E-state index in [1.54, 1.807) is 7.05 Å².